The summed E-state index contributed by atoms with van der Waals surface area (Å²) in [6, 6.07) is 10.4. The number of hydrogen-bond acceptors (Lipinski definition) is 5. The van der Waals surface area contributed by atoms with E-state index in [0.29, 0.717) is 5.92 Å². The van der Waals surface area contributed by atoms with Crippen LogP contribution in [0.4, 0.5) is 11.4 Å². The van der Waals surface area contributed by atoms with E-state index >= 15 is 0 Å². The maximum Gasteiger partial charge on any atom is 0.167 e. The zero-order chi connectivity index (χ0) is 18.4. The van der Waals surface area contributed by atoms with Gasteiger partial charge in [-0.1, -0.05) is 26.0 Å². The topological polar surface area (TPSA) is 68.0 Å². The van der Waals surface area contributed by atoms with Crippen LogP contribution < -0.4 is 5.32 Å². The molecule has 1 N–H and O–H groups in total. The standard InChI is InChI=1S/C21H18N6/c1-13(2)14-4-3-5-15(10-14)24-19-16-11-22-7-6-17(16)25-21-20(19)26-18-12-23-8-9-27(18)21/h3-13H,1-2H3,(H,24,25). The molecule has 0 amide bonds. The highest BCUT2D eigenvalue weighted by molar-refractivity contribution is 6.06. The molecule has 0 saturated heterocycles. The summed E-state index contributed by atoms with van der Waals surface area (Å²) in [4.78, 5) is 18.0. The fourth-order valence-corrected chi connectivity index (χ4v) is 3.33. The van der Waals surface area contributed by atoms with Crippen molar-refractivity contribution in [1.29, 1.82) is 0 Å². The SMILES string of the molecule is CC(C)c1cccc(Nc2c3cnccc3nc3c2nc2cnccn23)c1. The molecule has 6 nitrogen and oxygen atoms in total. The third-order valence-corrected chi connectivity index (χ3v) is 4.76. The molecule has 0 fully saturated rings. The summed E-state index contributed by atoms with van der Waals surface area (Å²) in [6.45, 7) is 4.39. The molecule has 0 bridgehead atoms. The van der Waals surface area contributed by atoms with Crippen LogP contribution in [0.5, 0.6) is 0 Å². The molecule has 0 spiro atoms. The Morgan fingerprint density at radius 2 is 1.89 bits per heavy atom. The molecule has 5 rings (SSSR count). The number of nitrogens with one attached hydrogen (secondary N) is 1. The second-order valence-electron chi connectivity index (χ2n) is 6.87. The molecule has 0 unspecified atom stereocenters. The molecule has 0 atom stereocenters. The van der Waals surface area contributed by atoms with Gasteiger partial charge in [0, 0.05) is 35.9 Å². The molecule has 27 heavy (non-hydrogen) atoms. The summed E-state index contributed by atoms with van der Waals surface area (Å²) in [5, 5.41) is 4.51. The summed E-state index contributed by atoms with van der Waals surface area (Å²) in [7, 11) is 0. The van der Waals surface area contributed by atoms with Gasteiger partial charge >= 0.3 is 0 Å². The Bertz CT molecular complexity index is 1290. The lowest BCUT2D eigenvalue weighted by Crippen LogP contribution is -1.97. The first-order chi connectivity index (χ1) is 13.2. The van der Waals surface area contributed by atoms with Gasteiger partial charge in [-0.3, -0.25) is 14.4 Å². The van der Waals surface area contributed by atoms with Crippen LogP contribution in [0.2, 0.25) is 0 Å². The number of imidazole rings is 1. The Kier molecular flexibility index (Phi) is 3.50. The largest absolute Gasteiger partial charge is 0.353 e. The summed E-state index contributed by atoms with van der Waals surface area (Å²) in [5.41, 5.74) is 6.46. The lowest BCUT2D eigenvalue weighted by atomic mass is 10.0. The monoisotopic (exact) mass is 354 g/mol. The normalized spacial score (nSPS) is 11.7. The van der Waals surface area contributed by atoms with Gasteiger partial charge in [-0.25, -0.2) is 9.97 Å². The van der Waals surface area contributed by atoms with Gasteiger partial charge in [-0.2, -0.15) is 0 Å². The number of fused-ring (bicyclic) bond motifs is 4. The number of aromatic nitrogens is 5. The lowest BCUT2D eigenvalue weighted by molar-refractivity contribution is 0.867. The van der Waals surface area contributed by atoms with Crippen LogP contribution in [0, 0.1) is 0 Å². The number of nitrogens with zero attached hydrogens (tertiary/aromatic N) is 5. The Labute approximate surface area is 155 Å². The van der Waals surface area contributed by atoms with E-state index < -0.39 is 0 Å². The van der Waals surface area contributed by atoms with Crippen molar-refractivity contribution < 1.29 is 0 Å². The van der Waals surface area contributed by atoms with E-state index in [-0.39, 0.29) is 0 Å². The molecule has 0 aliphatic rings. The van der Waals surface area contributed by atoms with Crippen LogP contribution >= 0.6 is 0 Å². The number of anilines is 2. The fourth-order valence-electron chi connectivity index (χ4n) is 3.33. The highest BCUT2D eigenvalue weighted by atomic mass is 15.1. The van der Waals surface area contributed by atoms with Crippen LogP contribution in [-0.4, -0.2) is 24.3 Å². The van der Waals surface area contributed by atoms with Gasteiger partial charge in [0.1, 0.15) is 5.52 Å². The maximum atomic E-state index is 4.81. The van der Waals surface area contributed by atoms with Crippen molar-refractivity contribution >= 4 is 39.1 Å². The zero-order valence-electron chi connectivity index (χ0n) is 15.1. The van der Waals surface area contributed by atoms with Gasteiger partial charge in [0.05, 0.1) is 17.4 Å². The molecule has 0 aliphatic heterocycles. The summed E-state index contributed by atoms with van der Waals surface area (Å²) in [5.74, 6) is 0.462. The predicted molar refractivity (Wildman–Crippen MR) is 107 cm³/mol. The smallest absolute Gasteiger partial charge is 0.167 e. The summed E-state index contributed by atoms with van der Waals surface area (Å²) >= 11 is 0. The van der Waals surface area contributed by atoms with Gasteiger partial charge in [0.15, 0.2) is 11.3 Å². The number of hydrogen-bond donors (Lipinski definition) is 1. The van der Waals surface area contributed by atoms with Gasteiger partial charge in [0.25, 0.3) is 0 Å². The van der Waals surface area contributed by atoms with Gasteiger partial charge < -0.3 is 5.32 Å². The van der Waals surface area contributed by atoms with Crippen LogP contribution in [0.3, 0.4) is 0 Å². The number of rotatable bonds is 3. The summed E-state index contributed by atoms with van der Waals surface area (Å²) in [6.07, 6.45) is 8.96. The van der Waals surface area contributed by atoms with E-state index in [4.69, 9.17) is 9.97 Å². The van der Waals surface area contributed by atoms with Crippen molar-refractivity contribution in [3.05, 3.63) is 66.9 Å². The van der Waals surface area contributed by atoms with Crippen molar-refractivity contribution in [2.75, 3.05) is 5.32 Å². The van der Waals surface area contributed by atoms with Crippen molar-refractivity contribution in [2.45, 2.75) is 19.8 Å². The molecule has 0 saturated carbocycles. The number of benzene rings is 1. The average Bonchev–Trinajstić information content (AvgIpc) is 3.07. The van der Waals surface area contributed by atoms with Crippen LogP contribution in [0.25, 0.3) is 27.7 Å². The molecule has 4 heterocycles. The Hall–Kier alpha value is -3.54. The van der Waals surface area contributed by atoms with Crippen molar-refractivity contribution in [2.24, 2.45) is 0 Å². The number of pyridine rings is 2. The van der Waals surface area contributed by atoms with E-state index in [1.807, 2.05) is 22.9 Å². The lowest BCUT2D eigenvalue weighted by Gasteiger charge is -2.12. The third-order valence-electron chi connectivity index (χ3n) is 4.76. The molecule has 0 radical (unpaired) electrons. The first kappa shape index (κ1) is 15.7. The van der Waals surface area contributed by atoms with Gasteiger partial charge in [0.2, 0.25) is 0 Å². The average molecular weight is 354 g/mol. The minimum Gasteiger partial charge on any atom is -0.353 e. The molecule has 1 aromatic carbocycles. The Morgan fingerprint density at radius 1 is 1.00 bits per heavy atom. The Morgan fingerprint density at radius 3 is 2.78 bits per heavy atom. The van der Waals surface area contributed by atoms with E-state index in [0.717, 1.165) is 39.1 Å². The minimum absolute atomic E-state index is 0.462. The van der Waals surface area contributed by atoms with Crippen LogP contribution in [0.1, 0.15) is 25.3 Å². The second-order valence-corrected chi connectivity index (χ2v) is 6.87. The molecular formula is C21H18N6. The molecule has 0 aliphatic carbocycles. The van der Waals surface area contributed by atoms with Crippen molar-refractivity contribution in [3.8, 4) is 0 Å². The third kappa shape index (κ3) is 2.57. The van der Waals surface area contributed by atoms with E-state index in [2.05, 4.69) is 53.4 Å². The molecule has 6 heteroatoms. The zero-order valence-corrected chi connectivity index (χ0v) is 15.1. The van der Waals surface area contributed by atoms with Crippen molar-refractivity contribution in [3.63, 3.8) is 0 Å². The molecular weight excluding hydrogens is 336 g/mol. The van der Waals surface area contributed by atoms with Crippen LogP contribution in [0.15, 0.2) is 61.3 Å². The first-order valence-corrected chi connectivity index (χ1v) is 8.93. The summed E-state index contributed by atoms with van der Waals surface area (Å²) < 4.78 is 1.96. The van der Waals surface area contributed by atoms with Gasteiger partial charge in [-0.05, 0) is 29.7 Å². The molecule has 5 aromatic rings. The van der Waals surface area contributed by atoms with Crippen LogP contribution in [-0.2, 0) is 0 Å². The van der Waals surface area contributed by atoms with Gasteiger partial charge in [-0.15, -0.1) is 0 Å². The molecule has 132 valence electrons. The first-order valence-electron chi connectivity index (χ1n) is 8.93. The van der Waals surface area contributed by atoms with E-state index in [9.17, 15) is 0 Å². The highest BCUT2D eigenvalue weighted by Crippen LogP contribution is 2.33. The quantitative estimate of drug-likeness (QED) is 0.509. The second kappa shape index (κ2) is 6.02. The predicted octanol–water partition coefficient (Wildman–Crippen LogP) is 4.69. The maximum absolute atomic E-state index is 4.81. The minimum atomic E-state index is 0.462. The highest BCUT2D eigenvalue weighted by Gasteiger charge is 2.15. The van der Waals surface area contributed by atoms with Crippen molar-refractivity contribution in [1.82, 2.24) is 24.3 Å². The Balaban J connectivity index is 1.79. The van der Waals surface area contributed by atoms with E-state index in [1.54, 1.807) is 18.6 Å². The van der Waals surface area contributed by atoms with E-state index in [1.165, 1.54) is 5.56 Å². The fraction of sp³-hybridized carbons (Fsp3) is 0.143. The molecule has 4 aromatic heterocycles.